The van der Waals surface area contributed by atoms with Crippen LogP contribution in [-0.4, -0.2) is 69.3 Å². The van der Waals surface area contributed by atoms with Gasteiger partial charge in [0.05, 0.1) is 13.2 Å². The number of rotatable bonds is 4. The highest BCUT2D eigenvalue weighted by Gasteiger charge is 2.20. The van der Waals surface area contributed by atoms with Gasteiger partial charge >= 0.3 is 0 Å². The van der Waals surface area contributed by atoms with Crippen LogP contribution in [0.25, 0.3) is 0 Å². The summed E-state index contributed by atoms with van der Waals surface area (Å²) in [5.74, 6) is 0. The number of benzene rings is 1. The van der Waals surface area contributed by atoms with E-state index in [0.29, 0.717) is 6.04 Å². The highest BCUT2D eigenvalue weighted by atomic mass is 16.5. The third kappa shape index (κ3) is 4.00. The molecular weight excluding hydrogens is 274 g/mol. The number of likely N-dealkylation sites (tertiary alicyclic amines) is 1. The lowest BCUT2D eigenvalue weighted by Gasteiger charge is -2.36. The predicted molar refractivity (Wildman–Crippen MR) is 91.5 cm³/mol. The number of hydrogen-bond acceptors (Lipinski definition) is 4. The van der Waals surface area contributed by atoms with Crippen molar-refractivity contribution in [3.8, 4) is 0 Å². The molecular formula is C18H29N3O. The van der Waals surface area contributed by atoms with E-state index in [1.807, 2.05) is 0 Å². The first kappa shape index (κ1) is 15.8. The number of piperidine rings is 1. The van der Waals surface area contributed by atoms with Gasteiger partial charge in [-0.3, -0.25) is 4.90 Å². The molecule has 0 amide bonds. The smallest absolute Gasteiger partial charge is 0.0594 e. The van der Waals surface area contributed by atoms with Crippen molar-refractivity contribution in [2.45, 2.75) is 25.4 Å². The van der Waals surface area contributed by atoms with E-state index < -0.39 is 0 Å². The normalized spacial score (nSPS) is 21.9. The molecule has 2 aliphatic heterocycles. The van der Waals surface area contributed by atoms with Crippen LogP contribution in [-0.2, 0) is 11.3 Å². The highest BCUT2D eigenvalue weighted by Crippen LogP contribution is 2.22. The summed E-state index contributed by atoms with van der Waals surface area (Å²) in [4.78, 5) is 7.36. The van der Waals surface area contributed by atoms with E-state index in [2.05, 4.69) is 53.1 Å². The van der Waals surface area contributed by atoms with Crippen LogP contribution >= 0.6 is 0 Å². The van der Waals surface area contributed by atoms with Crippen LogP contribution in [0.5, 0.6) is 0 Å². The fourth-order valence-electron chi connectivity index (χ4n) is 3.45. The topological polar surface area (TPSA) is 19.0 Å². The minimum Gasteiger partial charge on any atom is -0.379 e. The Kier molecular flexibility index (Phi) is 5.34. The minimum absolute atomic E-state index is 0.682. The van der Waals surface area contributed by atoms with Gasteiger partial charge in [-0.25, -0.2) is 0 Å². The van der Waals surface area contributed by atoms with E-state index in [0.717, 1.165) is 32.8 Å². The van der Waals surface area contributed by atoms with Crippen LogP contribution in [0.2, 0.25) is 0 Å². The van der Waals surface area contributed by atoms with Crippen LogP contribution < -0.4 is 4.90 Å². The van der Waals surface area contributed by atoms with Crippen molar-refractivity contribution in [1.82, 2.24) is 9.80 Å². The largest absolute Gasteiger partial charge is 0.379 e. The van der Waals surface area contributed by atoms with Gasteiger partial charge < -0.3 is 14.5 Å². The summed E-state index contributed by atoms with van der Waals surface area (Å²) in [6.07, 6.45) is 2.53. The summed E-state index contributed by atoms with van der Waals surface area (Å²) in [5.41, 5.74) is 2.75. The zero-order valence-electron chi connectivity index (χ0n) is 14.0. The van der Waals surface area contributed by atoms with Gasteiger partial charge in [-0.1, -0.05) is 12.1 Å². The Bertz CT molecular complexity index is 448. The number of anilines is 1. The standard InChI is InChI=1S/C18H29N3O/c1-19-9-7-18(8-10-19)20(2)17-5-3-16(4-6-17)15-21-11-13-22-14-12-21/h3-6,18H,7-15H2,1-2H3. The minimum atomic E-state index is 0.682. The molecule has 3 rings (SSSR count). The van der Waals surface area contributed by atoms with Crippen LogP contribution in [0.4, 0.5) is 5.69 Å². The van der Waals surface area contributed by atoms with E-state index in [-0.39, 0.29) is 0 Å². The van der Waals surface area contributed by atoms with E-state index in [9.17, 15) is 0 Å². The Hall–Kier alpha value is -1.10. The Balaban J connectivity index is 1.56. The highest BCUT2D eigenvalue weighted by molar-refractivity contribution is 5.48. The first-order valence-electron chi connectivity index (χ1n) is 8.53. The lowest BCUT2D eigenvalue weighted by molar-refractivity contribution is 0.0342. The monoisotopic (exact) mass is 303 g/mol. The summed E-state index contributed by atoms with van der Waals surface area (Å²) >= 11 is 0. The van der Waals surface area contributed by atoms with Crippen LogP contribution in [0, 0.1) is 0 Å². The van der Waals surface area contributed by atoms with Crippen molar-refractivity contribution in [1.29, 1.82) is 0 Å². The molecule has 0 N–H and O–H groups in total. The summed E-state index contributed by atoms with van der Waals surface area (Å²) in [6.45, 7) is 7.32. The van der Waals surface area contributed by atoms with Crippen LogP contribution in [0.1, 0.15) is 18.4 Å². The molecule has 1 aromatic rings. The van der Waals surface area contributed by atoms with Crippen molar-refractivity contribution in [3.63, 3.8) is 0 Å². The summed E-state index contributed by atoms with van der Waals surface area (Å²) < 4.78 is 5.41. The first-order chi connectivity index (χ1) is 10.7. The third-order valence-corrected chi connectivity index (χ3v) is 5.09. The summed E-state index contributed by atoms with van der Waals surface area (Å²) in [7, 11) is 4.46. The van der Waals surface area contributed by atoms with E-state index in [4.69, 9.17) is 4.74 Å². The molecule has 0 spiro atoms. The van der Waals surface area contributed by atoms with Gasteiger partial charge in [-0.15, -0.1) is 0 Å². The second-order valence-electron chi connectivity index (χ2n) is 6.70. The Morgan fingerprint density at radius 1 is 1.05 bits per heavy atom. The SMILES string of the molecule is CN1CCC(N(C)c2ccc(CN3CCOCC3)cc2)CC1. The van der Waals surface area contributed by atoms with Gasteiger partial charge in [0.25, 0.3) is 0 Å². The Morgan fingerprint density at radius 2 is 1.68 bits per heavy atom. The van der Waals surface area contributed by atoms with Crippen LogP contribution in [0.3, 0.4) is 0 Å². The molecule has 0 radical (unpaired) electrons. The molecule has 2 fully saturated rings. The average Bonchev–Trinajstić information content (AvgIpc) is 2.57. The number of hydrogen-bond donors (Lipinski definition) is 0. The molecule has 2 aliphatic rings. The number of morpholine rings is 1. The summed E-state index contributed by atoms with van der Waals surface area (Å²) in [5, 5.41) is 0. The summed E-state index contributed by atoms with van der Waals surface area (Å²) in [6, 6.07) is 9.83. The number of ether oxygens (including phenoxy) is 1. The van der Waals surface area contributed by atoms with Gasteiger partial charge in [0.1, 0.15) is 0 Å². The van der Waals surface area contributed by atoms with Crippen molar-refractivity contribution >= 4 is 5.69 Å². The average molecular weight is 303 g/mol. The van der Waals surface area contributed by atoms with Crippen molar-refractivity contribution < 1.29 is 4.74 Å². The zero-order valence-corrected chi connectivity index (χ0v) is 14.0. The molecule has 1 aromatic carbocycles. The fraction of sp³-hybridized carbons (Fsp3) is 0.667. The molecule has 0 saturated carbocycles. The van der Waals surface area contributed by atoms with Crippen molar-refractivity contribution in [2.24, 2.45) is 0 Å². The lowest BCUT2D eigenvalue weighted by Crippen LogP contribution is -2.42. The molecule has 0 unspecified atom stereocenters. The molecule has 2 heterocycles. The fourth-order valence-corrected chi connectivity index (χ4v) is 3.45. The maximum Gasteiger partial charge on any atom is 0.0594 e. The van der Waals surface area contributed by atoms with Gasteiger partial charge in [-0.2, -0.15) is 0 Å². The number of nitrogens with zero attached hydrogens (tertiary/aromatic N) is 3. The molecule has 22 heavy (non-hydrogen) atoms. The van der Waals surface area contributed by atoms with Gasteiger partial charge in [0.2, 0.25) is 0 Å². The van der Waals surface area contributed by atoms with Gasteiger partial charge in [-0.05, 0) is 50.7 Å². The molecule has 4 nitrogen and oxygen atoms in total. The first-order valence-corrected chi connectivity index (χ1v) is 8.53. The molecule has 4 heteroatoms. The predicted octanol–water partition coefficient (Wildman–Crippen LogP) is 2.05. The van der Waals surface area contributed by atoms with Gasteiger partial charge in [0.15, 0.2) is 0 Å². The molecule has 0 atom stereocenters. The third-order valence-electron chi connectivity index (χ3n) is 5.09. The second kappa shape index (κ2) is 7.44. The van der Waals surface area contributed by atoms with E-state index in [1.54, 1.807) is 0 Å². The van der Waals surface area contributed by atoms with Crippen LogP contribution in [0.15, 0.2) is 24.3 Å². The Morgan fingerprint density at radius 3 is 2.32 bits per heavy atom. The molecule has 0 bridgehead atoms. The molecule has 2 saturated heterocycles. The van der Waals surface area contributed by atoms with Gasteiger partial charge in [0, 0.05) is 38.4 Å². The lowest BCUT2D eigenvalue weighted by atomic mass is 10.0. The molecule has 0 aliphatic carbocycles. The Labute approximate surface area is 134 Å². The maximum absolute atomic E-state index is 5.41. The molecule has 122 valence electrons. The zero-order chi connectivity index (χ0) is 15.4. The molecule has 0 aromatic heterocycles. The van der Waals surface area contributed by atoms with E-state index >= 15 is 0 Å². The quantitative estimate of drug-likeness (QED) is 0.847. The van der Waals surface area contributed by atoms with Crippen molar-refractivity contribution in [3.05, 3.63) is 29.8 Å². The second-order valence-corrected chi connectivity index (χ2v) is 6.70. The van der Waals surface area contributed by atoms with E-state index in [1.165, 1.54) is 37.2 Å². The maximum atomic E-state index is 5.41. The van der Waals surface area contributed by atoms with Crippen molar-refractivity contribution in [2.75, 3.05) is 58.4 Å².